The molecule has 1 heterocycles. The lowest BCUT2D eigenvalue weighted by Crippen LogP contribution is -2.20. The molecule has 1 aromatic carbocycles. The van der Waals surface area contributed by atoms with Gasteiger partial charge in [-0.3, -0.25) is 0 Å². The first-order chi connectivity index (χ1) is 8.65. The minimum absolute atomic E-state index is 0.263. The minimum atomic E-state index is -0.909. The molecule has 2 atom stereocenters. The van der Waals surface area contributed by atoms with Crippen LogP contribution in [0.2, 0.25) is 0 Å². The van der Waals surface area contributed by atoms with Gasteiger partial charge < -0.3 is 10.8 Å². The van der Waals surface area contributed by atoms with Gasteiger partial charge in [-0.2, -0.15) is 0 Å². The van der Waals surface area contributed by atoms with Gasteiger partial charge in [-0.05, 0) is 23.9 Å². The SMILES string of the molecule is Cc1cccc(C(O)C(CN)c2cccs2)c1F. The third-order valence-corrected chi connectivity index (χ3v) is 4.09. The molecule has 2 unspecified atom stereocenters. The molecule has 4 heteroatoms. The lowest BCUT2D eigenvalue weighted by Gasteiger charge is -2.21. The van der Waals surface area contributed by atoms with Crippen LogP contribution < -0.4 is 5.73 Å². The molecule has 2 aromatic rings. The summed E-state index contributed by atoms with van der Waals surface area (Å²) in [6, 6.07) is 8.87. The molecule has 0 radical (unpaired) electrons. The number of benzene rings is 1. The number of hydrogen-bond donors (Lipinski definition) is 2. The van der Waals surface area contributed by atoms with Gasteiger partial charge in [0.25, 0.3) is 0 Å². The van der Waals surface area contributed by atoms with Gasteiger partial charge in [-0.25, -0.2) is 4.39 Å². The number of aryl methyl sites for hydroxylation is 1. The number of nitrogens with two attached hydrogens (primary N) is 1. The van der Waals surface area contributed by atoms with Gasteiger partial charge in [-0.15, -0.1) is 11.3 Å². The van der Waals surface area contributed by atoms with Crippen molar-refractivity contribution in [2.45, 2.75) is 18.9 Å². The normalized spacial score (nSPS) is 14.4. The predicted octanol–water partition coefficient (Wildman–Crippen LogP) is 2.97. The molecule has 3 N–H and O–H groups in total. The van der Waals surface area contributed by atoms with Crippen molar-refractivity contribution >= 4 is 11.3 Å². The Morgan fingerprint density at radius 2 is 2.11 bits per heavy atom. The number of aliphatic hydroxyl groups is 1. The highest BCUT2D eigenvalue weighted by Gasteiger charge is 2.25. The monoisotopic (exact) mass is 265 g/mol. The van der Waals surface area contributed by atoms with Crippen molar-refractivity contribution in [3.05, 3.63) is 57.5 Å². The Kier molecular flexibility index (Phi) is 4.11. The third-order valence-electron chi connectivity index (χ3n) is 3.08. The molecular formula is C14H16FNOS. The van der Waals surface area contributed by atoms with E-state index in [0.717, 1.165) is 4.88 Å². The summed E-state index contributed by atoms with van der Waals surface area (Å²) in [5.74, 6) is -0.610. The molecule has 0 saturated carbocycles. The van der Waals surface area contributed by atoms with Crippen LogP contribution in [-0.4, -0.2) is 11.7 Å². The second-order valence-electron chi connectivity index (χ2n) is 4.28. The third kappa shape index (κ3) is 2.46. The second kappa shape index (κ2) is 5.61. The highest BCUT2D eigenvalue weighted by Crippen LogP contribution is 2.34. The Morgan fingerprint density at radius 1 is 1.33 bits per heavy atom. The van der Waals surface area contributed by atoms with E-state index in [2.05, 4.69) is 0 Å². The minimum Gasteiger partial charge on any atom is -0.388 e. The van der Waals surface area contributed by atoms with Crippen molar-refractivity contribution in [3.63, 3.8) is 0 Å². The van der Waals surface area contributed by atoms with Gasteiger partial charge in [0.2, 0.25) is 0 Å². The average Bonchev–Trinajstić information content (AvgIpc) is 2.87. The fraction of sp³-hybridized carbons (Fsp3) is 0.286. The summed E-state index contributed by atoms with van der Waals surface area (Å²) in [6.45, 7) is 1.98. The topological polar surface area (TPSA) is 46.2 Å². The standard InChI is InChI=1S/C14H16FNOS/c1-9-4-2-5-10(13(9)15)14(17)11(8-16)12-6-3-7-18-12/h2-7,11,14,17H,8,16H2,1H3. The van der Waals surface area contributed by atoms with Gasteiger partial charge >= 0.3 is 0 Å². The van der Waals surface area contributed by atoms with Crippen molar-refractivity contribution < 1.29 is 9.50 Å². The van der Waals surface area contributed by atoms with E-state index >= 15 is 0 Å². The van der Waals surface area contributed by atoms with Crippen LogP contribution in [-0.2, 0) is 0 Å². The quantitative estimate of drug-likeness (QED) is 0.892. The maximum atomic E-state index is 14.0. The van der Waals surface area contributed by atoms with Crippen molar-refractivity contribution in [2.75, 3.05) is 6.54 Å². The van der Waals surface area contributed by atoms with Gasteiger partial charge in [0.05, 0.1) is 6.10 Å². The molecule has 2 rings (SSSR count). The van der Waals surface area contributed by atoms with E-state index in [9.17, 15) is 9.50 Å². The molecule has 0 amide bonds. The molecule has 18 heavy (non-hydrogen) atoms. The fourth-order valence-corrected chi connectivity index (χ4v) is 2.89. The van der Waals surface area contributed by atoms with Gasteiger partial charge in [-0.1, -0.05) is 24.3 Å². The highest BCUT2D eigenvalue weighted by molar-refractivity contribution is 7.10. The first-order valence-electron chi connectivity index (χ1n) is 5.81. The van der Waals surface area contributed by atoms with Crippen LogP contribution in [0.15, 0.2) is 35.7 Å². The largest absolute Gasteiger partial charge is 0.388 e. The fourth-order valence-electron chi connectivity index (χ4n) is 2.02. The van der Waals surface area contributed by atoms with Crippen LogP contribution in [0.5, 0.6) is 0 Å². The van der Waals surface area contributed by atoms with Gasteiger partial charge in [0.15, 0.2) is 0 Å². The molecular weight excluding hydrogens is 249 g/mol. The molecule has 96 valence electrons. The maximum Gasteiger partial charge on any atom is 0.131 e. The van der Waals surface area contributed by atoms with Crippen LogP contribution in [0.3, 0.4) is 0 Å². The number of aliphatic hydroxyl groups excluding tert-OH is 1. The van der Waals surface area contributed by atoms with Crippen molar-refractivity contribution in [2.24, 2.45) is 5.73 Å². The smallest absolute Gasteiger partial charge is 0.131 e. The molecule has 0 saturated heterocycles. The molecule has 2 nitrogen and oxygen atoms in total. The zero-order valence-corrected chi connectivity index (χ0v) is 11.0. The number of halogens is 1. The highest BCUT2D eigenvalue weighted by atomic mass is 32.1. The van der Waals surface area contributed by atoms with Crippen LogP contribution in [0.25, 0.3) is 0 Å². The molecule has 0 fully saturated rings. The van der Waals surface area contributed by atoms with Crippen LogP contribution in [0, 0.1) is 12.7 Å². The second-order valence-corrected chi connectivity index (χ2v) is 5.26. The number of hydrogen-bond acceptors (Lipinski definition) is 3. The number of rotatable bonds is 4. The summed E-state index contributed by atoms with van der Waals surface area (Å²) in [5, 5.41) is 12.3. The molecule has 1 aromatic heterocycles. The zero-order chi connectivity index (χ0) is 13.1. The van der Waals surface area contributed by atoms with Crippen LogP contribution >= 0.6 is 11.3 Å². The van der Waals surface area contributed by atoms with E-state index in [1.807, 2.05) is 17.5 Å². The van der Waals surface area contributed by atoms with Crippen LogP contribution in [0.4, 0.5) is 4.39 Å². The Balaban J connectivity index is 2.35. The first kappa shape index (κ1) is 13.2. The molecule has 0 aliphatic heterocycles. The summed E-state index contributed by atoms with van der Waals surface area (Å²) in [6.07, 6.45) is -0.909. The summed E-state index contributed by atoms with van der Waals surface area (Å²) in [5.41, 5.74) is 6.57. The van der Waals surface area contributed by atoms with E-state index in [-0.39, 0.29) is 18.3 Å². The number of thiophene rings is 1. The summed E-state index contributed by atoms with van der Waals surface area (Å²) in [4.78, 5) is 0.978. The van der Waals surface area contributed by atoms with E-state index in [4.69, 9.17) is 5.73 Å². The van der Waals surface area contributed by atoms with E-state index < -0.39 is 6.10 Å². The zero-order valence-electron chi connectivity index (χ0n) is 10.1. The van der Waals surface area contributed by atoms with Gasteiger partial charge in [0.1, 0.15) is 5.82 Å². The van der Waals surface area contributed by atoms with E-state index in [1.165, 1.54) is 11.3 Å². The summed E-state index contributed by atoms with van der Waals surface area (Å²) < 4.78 is 14.0. The van der Waals surface area contributed by atoms with E-state index in [0.29, 0.717) is 11.1 Å². The molecule has 0 aliphatic carbocycles. The van der Waals surface area contributed by atoms with Crippen molar-refractivity contribution in [1.29, 1.82) is 0 Å². The first-order valence-corrected chi connectivity index (χ1v) is 6.69. The molecule has 0 bridgehead atoms. The van der Waals surface area contributed by atoms with Crippen LogP contribution in [0.1, 0.15) is 28.0 Å². The Bertz CT molecular complexity index is 513. The Morgan fingerprint density at radius 3 is 2.72 bits per heavy atom. The maximum absolute atomic E-state index is 14.0. The molecule has 0 spiro atoms. The summed E-state index contributed by atoms with van der Waals surface area (Å²) >= 11 is 1.53. The van der Waals surface area contributed by atoms with Gasteiger partial charge in [0, 0.05) is 22.9 Å². The summed E-state index contributed by atoms with van der Waals surface area (Å²) in [7, 11) is 0. The van der Waals surface area contributed by atoms with E-state index in [1.54, 1.807) is 25.1 Å². The Hall–Kier alpha value is -1.23. The molecule has 0 aliphatic rings. The predicted molar refractivity (Wildman–Crippen MR) is 72.2 cm³/mol. The average molecular weight is 265 g/mol. The van der Waals surface area contributed by atoms with Crippen molar-refractivity contribution in [3.8, 4) is 0 Å². The van der Waals surface area contributed by atoms with Crippen molar-refractivity contribution in [1.82, 2.24) is 0 Å². The lowest BCUT2D eigenvalue weighted by molar-refractivity contribution is 0.144. The Labute approximate surface area is 110 Å². The lowest BCUT2D eigenvalue weighted by atomic mass is 9.93.